The van der Waals surface area contributed by atoms with Gasteiger partial charge in [0.25, 0.3) is 0 Å². The Morgan fingerprint density at radius 1 is 1.62 bits per heavy atom. The van der Waals surface area contributed by atoms with Gasteiger partial charge in [-0.2, -0.15) is 0 Å². The third-order valence-electron chi connectivity index (χ3n) is 3.90. The van der Waals surface area contributed by atoms with Crippen molar-refractivity contribution in [1.82, 2.24) is 4.90 Å². The van der Waals surface area contributed by atoms with Crippen LogP contribution in [0.1, 0.15) is 32.4 Å². The molecule has 0 aliphatic heterocycles. The van der Waals surface area contributed by atoms with Gasteiger partial charge in [0, 0.05) is 6.04 Å². The molecule has 0 spiro atoms. The monoisotopic (exact) mass is 219 g/mol. The third kappa shape index (κ3) is 1.38. The van der Waals surface area contributed by atoms with Crippen LogP contribution < -0.4 is 0 Å². The van der Waals surface area contributed by atoms with Crippen molar-refractivity contribution in [1.29, 1.82) is 0 Å². The number of carbonyl (C=O) groups is 1. The first kappa shape index (κ1) is 9.94. The molecule has 0 radical (unpaired) electrons. The molecule has 86 valence electrons. The lowest BCUT2D eigenvalue weighted by atomic mass is 10.1. The van der Waals surface area contributed by atoms with E-state index in [1.54, 1.807) is 6.26 Å². The maximum atomic E-state index is 12.3. The van der Waals surface area contributed by atoms with Gasteiger partial charge in [-0.25, -0.2) is 0 Å². The summed E-state index contributed by atoms with van der Waals surface area (Å²) in [6.45, 7) is 4.74. The van der Waals surface area contributed by atoms with Crippen LogP contribution in [0.25, 0.3) is 0 Å². The van der Waals surface area contributed by atoms with Gasteiger partial charge in [0.05, 0.1) is 18.2 Å². The van der Waals surface area contributed by atoms with Crippen molar-refractivity contribution in [2.24, 2.45) is 11.3 Å². The Morgan fingerprint density at radius 3 is 2.75 bits per heavy atom. The first-order chi connectivity index (χ1) is 7.63. The Kier molecular flexibility index (Phi) is 1.94. The van der Waals surface area contributed by atoms with E-state index in [0.717, 1.165) is 18.6 Å². The molecule has 0 N–H and O–H groups in total. The first-order valence-electron chi connectivity index (χ1n) is 5.97. The molecule has 0 atom stereocenters. The van der Waals surface area contributed by atoms with Crippen LogP contribution in [0, 0.1) is 11.3 Å². The zero-order valence-corrected chi connectivity index (χ0v) is 9.77. The number of rotatable bonds is 4. The van der Waals surface area contributed by atoms with Crippen molar-refractivity contribution in [2.75, 3.05) is 0 Å². The number of hydrogen-bond acceptors (Lipinski definition) is 2. The average molecular weight is 219 g/mol. The van der Waals surface area contributed by atoms with Crippen LogP contribution in [0.2, 0.25) is 0 Å². The van der Waals surface area contributed by atoms with Crippen LogP contribution in [0.15, 0.2) is 22.8 Å². The summed E-state index contributed by atoms with van der Waals surface area (Å²) < 4.78 is 5.32. The molecule has 2 aliphatic rings. The van der Waals surface area contributed by atoms with Crippen LogP contribution in [-0.2, 0) is 11.3 Å². The third-order valence-corrected chi connectivity index (χ3v) is 3.90. The van der Waals surface area contributed by atoms with E-state index in [9.17, 15) is 4.79 Å². The average Bonchev–Trinajstić information content (AvgIpc) is 3.01. The fraction of sp³-hybridized carbons (Fsp3) is 0.615. The van der Waals surface area contributed by atoms with Crippen LogP contribution in [0.4, 0.5) is 0 Å². The normalized spacial score (nSPS) is 30.1. The number of carbonyl (C=O) groups excluding carboxylic acids is 1. The van der Waals surface area contributed by atoms with Gasteiger partial charge in [-0.15, -0.1) is 0 Å². The SMILES string of the molecule is CC(C)N(Cc1ccco1)C(=O)C12CC1C2. The summed E-state index contributed by atoms with van der Waals surface area (Å²) in [5, 5.41) is 0. The molecule has 1 heterocycles. The molecule has 3 nitrogen and oxygen atoms in total. The van der Waals surface area contributed by atoms with Crippen molar-refractivity contribution in [3.05, 3.63) is 24.2 Å². The summed E-state index contributed by atoms with van der Waals surface area (Å²) in [6.07, 6.45) is 3.90. The zero-order chi connectivity index (χ0) is 11.3. The summed E-state index contributed by atoms with van der Waals surface area (Å²) >= 11 is 0. The molecule has 0 aromatic carbocycles. The molecule has 0 bridgehead atoms. The van der Waals surface area contributed by atoms with Gasteiger partial charge in [-0.05, 0) is 44.7 Å². The van der Waals surface area contributed by atoms with E-state index in [1.807, 2.05) is 17.0 Å². The first-order valence-corrected chi connectivity index (χ1v) is 5.97. The topological polar surface area (TPSA) is 33.5 Å². The maximum Gasteiger partial charge on any atom is 0.229 e. The summed E-state index contributed by atoms with van der Waals surface area (Å²) in [7, 11) is 0. The Balaban J connectivity index is 1.73. The van der Waals surface area contributed by atoms with Crippen LogP contribution in [0.3, 0.4) is 0 Å². The van der Waals surface area contributed by atoms with Crippen LogP contribution in [-0.4, -0.2) is 16.8 Å². The predicted octanol–water partition coefficient (Wildman–Crippen LogP) is 2.43. The molecule has 3 heteroatoms. The second kappa shape index (κ2) is 3.12. The maximum absolute atomic E-state index is 12.3. The van der Waals surface area contributed by atoms with Gasteiger partial charge in [0.15, 0.2) is 0 Å². The van der Waals surface area contributed by atoms with Crippen molar-refractivity contribution in [3.63, 3.8) is 0 Å². The Labute approximate surface area is 95.4 Å². The minimum absolute atomic E-state index is 0.0663. The van der Waals surface area contributed by atoms with Gasteiger partial charge in [0.1, 0.15) is 5.76 Å². The van der Waals surface area contributed by atoms with E-state index in [2.05, 4.69) is 13.8 Å². The predicted molar refractivity (Wildman–Crippen MR) is 59.6 cm³/mol. The van der Waals surface area contributed by atoms with E-state index in [-0.39, 0.29) is 11.5 Å². The highest BCUT2D eigenvalue weighted by Crippen LogP contribution is 2.76. The highest BCUT2D eigenvalue weighted by atomic mass is 16.3. The Bertz CT molecular complexity index is 402. The lowest BCUT2D eigenvalue weighted by Crippen LogP contribution is -2.39. The molecule has 2 saturated carbocycles. The van der Waals surface area contributed by atoms with Gasteiger partial charge in [-0.1, -0.05) is 0 Å². The number of nitrogens with zero attached hydrogens (tertiary/aromatic N) is 1. The standard InChI is InChI=1S/C13H17NO2/c1-9(2)14(8-11-4-3-5-16-11)12(15)13-6-10(13)7-13/h3-5,9-10H,6-8H2,1-2H3. The van der Waals surface area contributed by atoms with Crippen molar-refractivity contribution >= 4 is 5.91 Å². The summed E-state index contributed by atoms with van der Waals surface area (Å²) in [6, 6.07) is 4.04. The Hall–Kier alpha value is -1.25. The van der Waals surface area contributed by atoms with Crippen molar-refractivity contribution < 1.29 is 9.21 Å². The van der Waals surface area contributed by atoms with E-state index in [4.69, 9.17) is 4.42 Å². The van der Waals surface area contributed by atoms with Crippen LogP contribution in [0.5, 0.6) is 0 Å². The molecular weight excluding hydrogens is 202 g/mol. The molecule has 16 heavy (non-hydrogen) atoms. The summed E-state index contributed by atoms with van der Waals surface area (Å²) in [5.74, 6) is 1.91. The van der Waals surface area contributed by atoms with Crippen molar-refractivity contribution in [2.45, 2.75) is 39.3 Å². The molecule has 3 rings (SSSR count). The number of fused-ring (bicyclic) bond motifs is 1. The molecule has 2 fully saturated rings. The minimum Gasteiger partial charge on any atom is -0.467 e. The second-order valence-corrected chi connectivity index (χ2v) is 5.37. The zero-order valence-electron chi connectivity index (χ0n) is 9.77. The van der Waals surface area contributed by atoms with Gasteiger partial charge >= 0.3 is 0 Å². The minimum atomic E-state index is 0.0663. The van der Waals surface area contributed by atoms with E-state index >= 15 is 0 Å². The molecule has 1 amide bonds. The highest BCUT2D eigenvalue weighted by molar-refractivity contribution is 5.90. The molecule has 2 aliphatic carbocycles. The summed E-state index contributed by atoms with van der Waals surface area (Å²) in [4.78, 5) is 14.3. The number of amides is 1. The molecular formula is C13H17NO2. The van der Waals surface area contributed by atoms with Gasteiger partial charge in [-0.3, -0.25) is 4.79 Å². The number of hydrogen-bond donors (Lipinski definition) is 0. The fourth-order valence-corrected chi connectivity index (χ4v) is 2.40. The number of furan rings is 1. The summed E-state index contributed by atoms with van der Waals surface area (Å²) in [5.41, 5.74) is 0.0663. The molecule has 1 aromatic heterocycles. The van der Waals surface area contributed by atoms with E-state index < -0.39 is 0 Å². The smallest absolute Gasteiger partial charge is 0.229 e. The molecule has 0 saturated heterocycles. The quantitative estimate of drug-likeness (QED) is 0.779. The molecule has 1 aromatic rings. The fourth-order valence-electron chi connectivity index (χ4n) is 2.40. The Morgan fingerprint density at radius 2 is 2.31 bits per heavy atom. The van der Waals surface area contributed by atoms with Crippen LogP contribution >= 0.6 is 0 Å². The second-order valence-electron chi connectivity index (χ2n) is 5.37. The lowest BCUT2D eigenvalue weighted by molar-refractivity contribution is -0.137. The van der Waals surface area contributed by atoms with Gasteiger partial charge in [0.2, 0.25) is 5.91 Å². The van der Waals surface area contributed by atoms with E-state index in [0.29, 0.717) is 18.4 Å². The van der Waals surface area contributed by atoms with E-state index in [1.165, 1.54) is 0 Å². The molecule has 0 unspecified atom stereocenters. The van der Waals surface area contributed by atoms with Gasteiger partial charge < -0.3 is 9.32 Å². The highest BCUT2D eigenvalue weighted by Gasteiger charge is 2.75. The lowest BCUT2D eigenvalue weighted by Gasteiger charge is -2.27. The largest absolute Gasteiger partial charge is 0.467 e. The van der Waals surface area contributed by atoms with Crippen molar-refractivity contribution in [3.8, 4) is 0 Å².